The number of nitrogens with zero attached hydrogens (tertiary/aromatic N) is 2. The summed E-state index contributed by atoms with van der Waals surface area (Å²) in [6.07, 6.45) is 2.92. The number of hydrogen-bond acceptors (Lipinski definition) is 5. The summed E-state index contributed by atoms with van der Waals surface area (Å²) >= 11 is 0. The summed E-state index contributed by atoms with van der Waals surface area (Å²) in [5.74, 6) is 1.02. The predicted octanol–water partition coefficient (Wildman–Crippen LogP) is 1.71. The van der Waals surface area contributed by atoms with Gasteiger partial charge in [0.25, 0.3) is 5.89 Å². The second kappa shape index (κ2) is 5.29. The zero-order valence-corrected chi connectivity index (χ0v) is 11.9. The maximum atomic E-state index is 10.9. The SMILES string of the molecule is CC(=O)NCc1ccc(-c2nc(C3(N)CCC3)no2)cc1. The second-order valence-corrected chi connectivity index (χ2v) is 5.54. The minimum absolute atomic E-state index is 0.0469. The molecule has 1 saturated carbocycles. The van der Waals surface area contributed by atoms with E-state index in [4.69, 9.17) is 10.3 Å². The smallest absolute Gasteiger partial charge is 0.257 e. The molecule has 1 aromatic heterocycles. The van der Waals surface area contributed by atoms with Crippen LogP contribution in [0.1, 0.15) is 37.6 Å². The topological polar surface area (TPSA) is 94.0 Å². The molecule has 3 rings (SSSR count). The third-order valence-corrected chi connectivity index (χ3v) is 3.86. The van der Waals surface area contributed by atoms with Gasteiger partial charge in [0.2, 0.25) is 5.91 Å². The molecule has 1 aliphatic carbocycles. The Kier molecular flexibility index (Phi) is 3.47. The fraction of sp³-hybridized carbons (Fsp3) is 0.400. The van der Waals surface area contributed by atoms with Crippen LogP contribution in [-0.2, 0) is 16.9 Å². The van der Waals surface area contributed by atoms with Crippen molar-refractivity contribution in [3.63, 3.8) is 0 Å². The second-order valence-electron chi connectivity index (χ2n) is 5.54. The third-order valence-electron chi connectivity index (χ3n) is 3.86. The molecule has 0 saturated heterocycles. The van der Waals surface area contributed by atoms with Crippen molar-refractivity contribution in [2.24, 2.45) is 5.73 Å². The minimum atomic E-state index is -0.410. The fourth-order valence-electron chi connectivity index (χ4n) is 2.32. The molecule has 0 bridgehead atoms. The first-order valence-electron chi connectivity index (χ1n) is 7.04. The number of aromatic nitrogens is 2. The number of benzene rings is 1. The molecule has 0 spiro atoms. The molecule has 1 fully saturated rings. The largest absolute Gasteiger partial charge is 0.352 e. The highest BCUT2D eigenvalue weighted by Crippen LogP contribution is 2.37. The van der Waals surface area contributed by atoms with Crippen LogP contribution in [0.25, 0.3) is 11.5 Å². The number of carbonyl (C=O) groups excluding carboxylic acids is 1. The summed E-state index contributed by atoms with van der Waals surface area (Å²) in [7, 11) is 0. The van der Waals surface area contributed by atoms with Crippen molar-refractivity contribution in [1.29, 1.82) is 0 Å². The van der Waals surface area contributed by atoms with E-state index in [0.717, 1.165) is 30.4 Å². The van der Waals surface area contributed by atoms with Gasteiger partial charge in [-0.3, -0.25) is 4.79 Å². The summed E-state index contributed by atoms with van der Waals surface area (Å²) in [6, 6.07) is 7.66. The van der Waals surface area contributed by atoms with Crippen molar-refractivity contribution in [3.8, 4) is 11.5 Å². The van der Waals surface area contributed by atoms with Crippen molar-refractivity contribution < 1.29 is 9.32 Å². The maximum absolute atomic E-state index is 10.9. The number of amides is 1. The molecular weight excluding hydrogens is 268 g/mol. The Morgan fingerprint density at radius 2 is 2.10 bits per heavy atom. The van der Waals surface area contributed by atoms with Gasteiger partial charge in [-0.2, -0.15) is 4.98 Å². The lowest BCUT2D eigenvalue weighted by Gasteiger charge is -2.34. The molecule has 1 aliphatic rings. The number of hydrogen-bond donors (Lipinski definition) is 2. The van der Waals surface area contributed by atoms with Gasteiger partial charge in [0, 0.05) is 19.0 Å². The van der Waals surface area contributed by atoms with E-state index in [1.54, 1.807) is 0 Å². The summed E-state index contributed by atoms with van der Waals surface area (Å²) < 4.78 is 5.30. The molecule has 21 heavy (non-hydrogen) atoms. The first-order chi connectivity index (χ1) is 10.1. The molecule has 0 atom stereocenters. The van der Waals surface area contributed by atoms with Gasteiger partial charge in [0.15, 0.2) is 5.82 Å². The molecule has 1 aromatic carbocycles. The van der Waals surface area contributed by atoms with Crippen LogP contribution in [0.5, 0.6) is 0 Å². The van der Waals surface area contributed by atoms with Crippen LogP contribution in [0.3, 0.4) is 0 Å². The normalized spacial score (nSPS) is 16.3. The third kappa shape index (κ3) is 2.80. The van der Waals surface area contributed by atoms with Crippen molar-refractivity contribution in [1.82, 2.24) is 15.5 Å². The van der Waals surface area contributed by atoms with E-state index in [0.29, 0.717) is 18.3 Å². The number of rotatable bonds is 4. The summed E-state index contributed by atoms with van der Waals surface area (Å²) in [5.41, 5.74) is 7.64. The molecule has 2 aromatic rings. The summed E-state index contributed by atoms with van der Waals surface area (Å²) in [5, 5.41) is 6.75. The average Bonchev–Trinajstić information content (AvgIpc) is 2.93. The molecule has 1 amide bonds. The quantitative estimate of drug-likeness (QED) is 0.892. The number of nitrogens with two attached hydrogens (primary N) is 1. The molecule has 0 aliphatic heterocycles. The Balaban J connectivity index is 1.73. The highest BCUT2D eigenvalue weighted by atomic mass is 16.5. The van der Waals surface area contributed by atoms with Crippen LogP contribution in [-0.4, -0.2) is 16.0 Å². The van der Waals surface area contributed by atoms with Crippen molar-refractivity contribution >= 4 is 5.91 Å². The van der Waals surface area contributed by atoms with Crippen LogP contribution in [0, 0.1) is 0 Å². The van der Waals surface area contributed by atoms with Crippen LogP contribution in [0.15, 0.2) is 28.8 Å². The zero-order valence-electron chi connectivity index (χ0n) is 11.9. The summed E-state index contributed by atoms with van der Waals surface area (Å²) in [4.78, 5) is 15.3. The van der Waals surface area contributed by atoms with E-state index >= 15 is 0 Å². The van der Waals surface area contributed by atoms with Crippen LogP contribution in [0.2, 0.25) is 0 Å². The van der Waals surface area contributed by atoms with Gasteiger partial charge in [-0.15, -0.1) is 0 Å². The molecular formula is C15H18N4O2. The molecule has 6 heteroatoms. The predicted molar refractivity (Wildman–Crippen MR) is 77.0 cm³/mol. The van der Waals surface area contributed by atoms with E-state index in [9.17, 15) is 4.79 Å². The molecule has 6 nitrogen and oxygen atoms in total. The molecule has 3 N–H and O–H groups in total. The summed E-state index contributed by atoms with van der Waals surface area (Å²) in [6.45, 7) is 2.01. The molecule has 110 valence electrons. The van der Waals surface area contributed by atoms with Crippen LogP contribution in [0.4, 0.5) is 0 Å². The van der Waals surface area contributed by atoms with Crippen molar-refractivity contribution in [2.45, 2.75) is 38.3 Å². The van der Waals surface area contributed by atoms with Gasteiger partial charge in [0.05, 0.1) is 5.54 Å². The maximum Gasteiger partial charge on any atom is 0.257 e. The van der Waals surface area contributed by atoms with E-state index in [1.807, 2.05) is 24.3 Å². The van der Waals surface area contributed by atoms with Gasteiger partial charge in [-0.1, -0.05) is 17.3 Å². The first-order valence-corrected chi connectivity index (χ1v) is 7.04. The van der Waals surface area contributed by atoms with E-state index in [-0.39, 0.29) is 5.91 Å². The highest BCUT2D eigenvalue weighted by Gasteiger charge is 2.39. The zero-order chi connectivity index (χ0) is 14.9. The molecule has 0 unspecified atom stereocenters. The monoisotopic (exact) mass is 286 g/mol. The van der Waals surface area contributed by atoms with E-state index in [1.165, 1.54) is 6.92 Å². The highest BCUT2D eigenvalue weighted by molar-refractivity contribution is 5.72. The van der Waals surface area contributed by atoms with Crippen molar-refractivity contribution in [3.05, 3.63) is 35.7 Å². The van der Waals surface area contributed by atoms with Crippen molar-refractivity contribution in [2.75, 3.05) is 0 Å². The standard InChI is InChI=1S/C15H18N4O2/c1-10(20)17-9-11-3-5-12(6-4-11)13-18-14(19-21-13)15(16)7-2-8-15/h3-6H,2,7-9,16H2,1H3,(H,17,20). The lowest BCUT2D eigenvalue weighted by Crippen LogP contribution is -2.44. The van der Waals surface area contributed by atoms with Gasteiger partial charge in [-0.05, 0) is 37.0 Å². The van der Waals surface area contributed by atoms with E-state index < -0.39 is 5.54 Å². The van der Waals surface area contributed by atoms with Gasteiger partial charge in [0.1, 0.15) is 0 Å². The Morgan fingerprint density at radius 3 is 2.67 bits per heavy atom. The molecule has 1 heterocycles. The Morgan fingerprint density at radius 1 is 1.38 bits per heavy atom. The lowest BCUT2D eigenvalue weighted by molar-refractivity contribution is -0.119. The van der Waals surface area contributed by atoms with Gasteiger partial charge < -0.3 is 15.6 Å². The number of nitrogens with one attached hydrogen (secondary N) is 1. The first kappa shape index (κ1) is 13.8. The Labute approximate surface area is 122 Å². The van der Waals surface area contributed by atoms with Crippen LogP contribution < -0.4 is 11.1 Å². The molecule has 0 radical (unpaired) electrons. The Bertz CT molecular complexity index is 644. The lowest BCUT2D eigenvalue weighted by atomic mass is 9.77. The van der Waals surface area contributed by atoms with Gasteiger partial charge in [-0.25, -0.2) is 0 Å². The fourth-order valence-corrected chi connectivity index (χ4v) is 2.32. The minimum Gasteiger partial charge on any atom is -0.352 e. The number of carbonyl (C=O) groups is 1. The van der Waals surface area contributed by atoms with Crippen LogP contribution >= 0.6 is 0 Å². The van der Waals surface area contributed by atoms with E-state index in [2.05, 4.69) is 15.5 Å². The average molecular weight is 286 g/mol. The Hall–Kier alpha value is -2.21. The van der Waals surface area contributed by atoms with Gasteiger partial charge >= 0.3 is 0 Å².